The van der Waals surface area contributed by atoms with E-state index in [1.54, 1.807) is 13.0 Å². The van der Waals surface area contributed by atoms with Crippen LogP contribution in [0.5, 0.6) is 0 Å². The zero-order valence-corrected chi connectivity index (χ0v) is 19.1. The van der Waals surface area contributed by atoms with Crippen molar-refractivity contribution < 1.29 is 17.9 Å². The summed E-state index contributed by atoms with van der Waals surface area (Å²) in [4.78, 5) is 13.1. The molecular weight excluding hydrogens is 406 g/mol. The molecule has 5 nitrogen and oxygen atoms in total. The van der Waals surface area contributed by atoms with Gasteiger partial charge in [0.2, 0.25) is 10.0 Å². The molecule has 1 N–H and O–H groups in total. The second-order valence-electron chi connectivity index (χ2n) is 7.24. The highest BCUT2D eigenvalue weighted by molar-refractivity contribution is 7.90. The van der Waals surface area contributed by atoms with E-state index in [2.05, 4.69) is 23.8 Å². The molecule has 0 bridgehead atoms. The number of ether oxygens (including phenoxy) is 1. The molecule has 0 radical (unpaired) electrons. The third-order valence-corrected chi connectivity index (χ3v) is 7.80. The van der Waals surface area contributed by atoms with Crippen LogP contribution in [0.1, 0.15) is 58.8 Å². The predicted molar refractivity (Wildman–Crippen MR) is 119 cm³/mol. The van der Waals surface area contributed by atoms with E-state index in [4.69, 9.17) is 4.74 Å². The van der Waals surface area contributed by atoms with Gasteiger partial charge in [0.05, 0.1) is 12.4 Å². The summed E-state index contributed by atoms with van der Waals surface area (Å²) in [6.07, 6.45) is 5.30. The lowest BCUT2D eigenvalue weighted by Gasteiger charge is -2.14. The standard InChI is InChI=1S/C22H31NO4S2/c1-4-5-7-18-9-11-19(12-10-18)16-17(2)29(25,26)23-15-6-8-20-13-14-21(28-20)22(24)27-3/h9-14,17,23H,4-8,15-16H2,1-3H3. The monoisotopic (exact) mass is 437 g/mol. The van der Waals surface area contributed by atoms with Crippen LogP contribution in [-0.2, 0) is 34.0 Å². The maximum Gasteiger partial charge on any atom is 0.348 e. The normalized spacial score (nSPS) is 12.7. The molecule has 0 saturated heterocycles. The Balaban J connectivity index is 1.78. The van der Waals surface area contributed by atoms with E-state index in [1.165, 1.54) is 36.9 Å². The van der Waals surface area contributed by atoms with Crippen LogP contribution in [-0.4, -0.2) is 33.3 Å². The van der Waals surface area contributed by atoms with Crippen molar-refractivity contribution in [2.75, 3.05) is 13.7 Å². The number of unbranched alkanes of at least 4 members (excludes halogenated alkanes) is 1. The second-order valence-corrected chi connectivity index (χ2v) is 10.6. The highest BCUT2D eigenvalue weighted by Crippen LogP contribution is 2.19. The SMILES string of the molecule is CCCCc1ccc(CC(C)S(=O)(=O)NCCCc2ccc(C(=O)OC)s2)cc1. The molecule has 1 aromatic heterocycles. The number of rotatable bonds is 12. The quantitative estimate of drug-likeness (QED) is 0.395. The van der Waals surface area contributed by atoms with E-state index in [0.717, 1.165) is 23.3 Å². The number of methoxy groups -OCH3 is 1. The van der Waals surface area contributed by atoms with Crippen LogP contribution in [0.25, 0.3) is 0 Å². The third kappa shape index (κ3) is 7.57. The van der Waals surface area contributed by atoms with E-state index in [9.17, 15) is 13.2 Å². The minimum Gasteiger partial charge on any atom is -0.465 e. The van der Waals surface area contributed by atoms with Gasteiger partial charge in [-0.25, -0.2) is 17.9 Å². The van der Waals surface area contributed by atoms with Gasteiger partial charge in [0.25, 0.3) is 0 Å². The van der Waals surface area contributed by atoms with E-state index >= 15 is 0 Å². The van der Waals surface area contributed by atoms with Gasteiger partial charge in [-0.15, -0.1) is 11.3 Å². The van der Waals surface area contributed by atoms with Crippen LogP contribution in [0.3, 0.4) is 0 Å². The Hall–Kier alpha value is -1.70. The minimum absolute atomic E-state index is 0.339. The van der Waals surface area contributed by atoms with E-state index in [-0.39, 0.29) is 5.97 Å². The van der Waals surface area contributed by atoms with Crippen LogP contribution in [0, 0.1) is 0 Å². The van der Waals surface area contributed by atoms with Crippen LogP contribution in [0.2, 0.25) is 0 Å². The highest BCUT2D eigenvalue weighted by Gasteiger charge is 2.20. The van der Waals surface area contributed by atoms with Crippen molar-refractivity contribution in [2.24, 2.45) is 0 Å². The van der Waals surface area contributed by atoms with Gasteiger partial charge < -0.3 is 4.74 Å². The molecule has 29 heavy (non-hydrogen) atoms. The smallest absolute Gasteiger partial charge is 0.348 e. The summed E-state index contributed by atoms with van der Waals surface area (Å²) in [5, 5.41) is -0.489. The van der Waals surface area contributed by atoms with Crippen molar-refractivity contribution in [2.45, 2.75) is 57.6 Å². The molecular formula is C22H31NO4S2. The Morgan fingerprint density at radius 2 is 1.76 bits per heavy atom. The zero-order chi connectivity index (χ0) is 21.3. The molecule has 0 amide bonds. The van der Waals surface area contributed by atoms with Crippen LogP contribution in [0.4, 0.5) is 0 Å². The second kappa shape index (κ2) is 11.5. The Morgan fingerprint density at radius 3 is 2.41 bits per heavy atom. The van der Waals surface area contributed by atoms with Gasteiger partial charge in [-0.3, -0.25) is 0 Å². The Kier molecular flexibility index (Phi) is 9.33. The van der Waals surface area contributed by atoms with E-state index in [1.807, 2.05) is 18.2 Å². The fraction of sp³-hybridized carbons (Fsp3) is 0.500. The Labute approximate surface area is 178 Å². The van der Waals surface area contributed by atoms with Gasteiger partial charge in [-0.1, -0.05) is 37.6 Å². The molecule has 1 heterocycles. The molecule has 7 heteroatoms. The summed E-state index contributed by atoms with van der Waals surface area (Å²) in [7, 11) is -2.01. The van der Waals surface area contributed by atoms with Crippen molar-refractivity contribution >= 4 is 27.3 Å². The predicted octanol–water partition coefficient (Wildman–Crippen LogP) is 4.36. The molecule has 0 aliphatic carbocycles. The van der Waals surface area contributed by atoms with Gasteiger partial charge in [0.15, 0.2) is 0 Å². The number of nitrogens with one attached hydrogen (secondary N) is 1. The number of esters is 1. The fourth-order valence-electron chi connectivity index (χ4n) is 3.01. The highest BCUT2D eigenvalue weighted by atomic mass is 32.2. The molecule has 0 aliphatic rings. The molecule has 0 fully saturated rings. The molecule has 2 rings (SSSR count). The minimum atomic E-state index is -3.37. The summed E-state index contributed by atoms with van der Waals surface area (Å²) in [6.45, 7) is 4.30. The number of sulfonamides is 1. The molecule has 1 atom stereocenters. The van der Waals surface area contributed by atoms with Crippen molar-refractivity contribution in [1.82, 2.24) is 4.72 Å². The van der Waals surface area contributed by atoms with Crippen molar-refractivity contribution in [3.63, 3.8) is 0 Å². The maximum atomic E-state index is 12.5. The maximum absolute atomic E-state index is 12.5. The fourth-order valence-corrected chi connectivity index (χ4v) is 5.10. The van der Waals surface area contributed by atoms with Gasteiger partial charge in [0.1, 0.15) is 4.88 Å². The van der Waals surface area contributed by atoms with Gasteiger partial charge in [-0.05, 0) is 62.3 Å². The number of aryl methyl sites for hydroxylation is 2. The molecule has 1 unspecified atom stereocenters. The number of benzene rings is 1. The van der Waals surface area contributed by atoms with E-state index in [0.29, 0.717) is 24.3 Å². The topological polar surface area (TPSA) is 72.5 Å². The number of thiophene rings is 1. The summed E-state index contributed by atoms with van der Waals surface area (Å²) in [5.41, 5.74) is 2.34. The summed E-state index contributed by atoms with van der Waals surface area (Å²) in [6, 6.07) is 11.9. The lowest BCUT2D eigenvalue weighted by Crippen LogP contribution is -2.34. The molecule has 0 aliphatic heterocycles. The summed E-state index contributed by atoms with van der Waals surface area (Å²) < 4.78 is 32.4. The van der Waals surface area contributed by atoms with Gasteiger partial charge in [-0.2, -0.15) is 0 Å². The zero-order valence-electron chi connectivity index (χ0n) is 17.4. The average molecular weight is 438 g/mol. The number of hydrogen-bond donors (Lipinski definition) is 1. The number of carbonyl (C=O) groups is 1. The van der Waals surface area contributed by atoms with E-state index < -0.39 is 15.3 Å². The largest absolute Gasteiger partial charge is 0.465 e. The lowest BCUT2D eigenvalue weighted by atomic mass is 10.0. The van der Waals surface area contributed by atoms with Crippen LogP contribution in [0.15, 0.2) is 36.4 Å². The molecule has 0 saturated carbocycles. The van der Waals surface area contributed by atoms with Crippen LogP contribution < -0.4 is 4.72 Å². The average Bonchev–Trinajstić information content (AvgIpc) is 3.19. The molecule has 2 aromatic rings. The van der Waals surface area contributed by atoms with Crippen molar-refractivity contribution in [1.29, 1.82) is 0 Å². The van der Waals surface area contributed by atoms with Crippen molar-refractivity contribution in [3.8, 4) is 0 Å². The lowest BCUT2D eigenvalue weighted by molar-refractivity contribution is 0.0606. The number of hydrogen-bond acceptors (Lipinski definition) is 5. The Morgan fingerprint density at radius 1 is 1.07 bits per heavy atom. The molecule has 160 valence electrons. The first-order valence-electron chi connectivity index (χ1n) is 10.1. The first kappa shape index (κ1) is 23.6. The van der Waals surface area contributed by atoms with Crippen LogP contribution >= 0.6 is 11.3 Å². The molecule has 0 spiro atoms. The third-order valence-electron chi connectivity index (χ3n) is 4.85. The van der Waals surface area contributed by atoms with Crippen molar-refractivity contribution in [3.05, 3.63) is 57.3 Å². The number of carbonyl (C=O) groups excluding carboxylic acids is 1. The first-order chi connectivity index (χ1) is 13.9. The Bertz CT molecular complexity index is 872. The first-order valence-corrected chi connectivity index (χ1v) is 12.4. The summed E-state index contributed by atoms with van der Waals surface area (Å²) in [5.74, 6) is -0.339. The van der Waals surface area contributed by atoms with Gasteiger partial charge in [0, 0.05) is 11.4 Å². The van der Waals surface area contributed by atoms with Gasteiger partial charge >= 0.3 is 5.97 Å². The molecule has 1 aromatic carbocycles. The summed E-state index contributed by atoms with van der Waals surface area (Å²) >= 11 is 1.39.